The maximum Gasteiger partial charge on any atom is 0.245 e. The second-order valence-corrected chi connectivity index (χ2v) is 6.42. The van der Waals surface area contributed by atoms with Gasteiger partial charge in [-0.3, -0.25) is 0 Å². The van der Waals surface area contributed by atoms with Crippen LogP contribution < -0.4 is 27.4 Å². The molecule has 1 heterocycles. The van der Waals surface area contributed by atoms with Crippen molar-refractivity contribution in [3.63, 3.8) is 0 Å². The summed E-state index contributed by atoms with van der Waals surface area (Å²) in [4.78, 5) is 0.0834. The minimum absolute atomic E-state index is 0. The van der Waals surface area contributed by atoms with E-state index in [0.717, 1.165) is 0 Å². The maximum atomic E-state index is 12.3. The van der Waals surface area contributed by atoms with Gasteiger partial charge in [0.2, 0.25) is 16.2 Å². The molecular formula is C13H15Cl2N3O2S. The van der Waals surface area contributed by atoms with E-state index < -0.39 is 16.2 Å². The topological polar surface area (TPSA) is 76.1 Å². The summed E-state index contributed by atoms with van der Waals surface area (Å²) in [6.45, 7) is 1.75. The summed E-state index contributed by atoms with van der Waals surface area (Å²) in [6.07, 6.45) is 3.14. The number of rotatable bonds is 4. The number of hydrogen-bond acceptors (Lipinski definition) is 3. The van der Waals surface area contributed by atoms with Gasteiger partial charge < -0.3 is 18.1 Å². The van der Waals surface area contributed by atoms with Gasteiger partial charge in [-0.25, -0.2) is 8.42 Å². The van der Waals surface area contributed by atoms with Crippen molar-refractivity contribution in [2.24, 2.45) is 0 Å². The molecule has 8 heteroatoms. The predicted octanol–water partition coefficient (Wildman–Crippen LogP) is -1.29. The smallest absolute Gasteiger partial charge is 0.245 e. The standard InChI is InChI=1S/C13H15ClN3O2S.ClH/c1-10(17-7-3-2-4-8-17)16-20(18,19)11-5-6-13(15)12(14)9-11;/h2-10,16H,15H2,1H3;1H/q+1;/p-1. The number of benzene rings is 1. The van der Waals surface area contributed by atoms with Gasteiger partial charge in [0, 0.05) is 19.1 Å². The zero-order chi connectivity index (χ0) is 14.8. The van der Waals surface area contributed by atoms with E-state index >= 15 is 0 Å². The summed E-state index contributed by atoms with van der Waals surface area (Å²) >= 11 is 5.85. The molecule has 0 bridgehead atoms. The molecule has 1 atom stereocenters. The van der Waals surface area contributed by atoms with Crippen LogP contribution in [-0.4, -0.2) is 8.42 Å². The van der Waals surface area contributed by atoms with Crippen LogP contribution in [0.25, 0.3) is 0 Å². The zero-order valence-corrected chi connectivity index (χ0v) is 13.5. The highest BCUT2D eigenvalue weighted by molar-refractivity contribution is 7.89. The first-order chi connectivity index (χ1) is 9.40. The monoisotopic (exact) mass is 347 g/mol. The molecule has 1 aromatic heterocycles. The van der Waals surface area contributed by atoms with Gasteiger partial charge in [0.05, 0.1) is 15.6 Å². The average molecular weight is 348 g/mol. The molecule has 3 N–H and O–H groups in total. The van der Waals surface area contributed by atoms with Crippen LogP contribution in [0.3, 0.4) is 0 Å². The van der Waals surface area contributed by atoms with Crippen molar-refractivity contribution in [2.75, 3.05) is 5.73 Å². The molecule has 21 heavy (non-hydrogen) atoms. The highest BCUT2D eigenvalue weighted by Gasteiger charge is 2.22. The summed E-state index contributed by atoms with van der Waals surface area (Å²) in [5.74, 6) is 0. The van der Waals surface area contributed by atoms with Crippen LogP contribution >= 0.6 is 11.6 Å². The van der Waals surface area contributed by atoms with Gasteiger partial charge >= 0.3 is 0 Å². The molecule has 5 nitrogen and oxygen atoms in total. The summed E-state index contributed by atoms with van der Waals surface area (Å²) < 4.78 is 28.8. The summed E-state index contributed by atoms with van der Waals surface area (Å²) in [5.41, 5.74) is 5.92. The number of sulfonamides is 1. The first-order valence-electron chi connectivity index (χ1n) is 5.93. The Balaban J connectivity index is 0.00000220. The van der Waals surface area contributed by atoms with Crippen LogP contribution in [0, 0.1) is 0 Å². The van der Waals surface area contributed by atoms with Gasteiger partial charge in [-0.15, -0.1) is 4.72 Å². The fourth-order valence-electron chi connectivity index (χ4n) is 1.70. The second kappa shape index (κ2) is 7.09. The van der Waals surface area contributed by atoms with Crippen molar-refractivity contribution in [1.29, 1.82) is 0 Å². The number of nitrogens with zero attached hydrogens (tertiary/aromatic N) is 1. The fourth-order valence-corrected chi connectivity index (χ4v) is 3.17. The Labute approximate surface area is 135 Å². The lowest BCUT2D eigenvalue weighted by molar-refractivity contribution is -0.722. The molecule has 0 fully saturated rings. The quantitative estimate of drug-likeness (QED) is 0.533. The van der Waals surface area contributed by atoms with Gasteiger partial charge in [-0.2, -0.15) is 4.57 Å². The first-order valence-corrected chi connectivity index (χ1v) is 7.79. The Kier molecular flexibility index (Phi) is 5.98. The fraction of sp³-hybridized carbons (Fsp3) is 0.154. The van der Waals surface area contributed by atoms with Crippen LogP contribution in [0.2, 0.25) is 5.02 Å². The Bertz CT molecular complexity index is 709. The third-order valence-corrected chi connectivity index (χ3v) is 4.65. The molecule has 0 aliphatic rings. The van der Waals surface area contributed by atoms with E-state index in [0.29, 0.717) is 5.69 Å². The number of nitrogens with two attached hydrogens (primary N) is 1. The number of halogens is 2. The van der Waals surface area contributed by atoms with Gasteiger partial charge in [-0.1, -0.05) is 17.7 Å². The van der Waals surface area contributed by atoms with Crippen LogP contribution in [0.15, 0.2) is 53.7 Å². The van der Waals surface area contributed by atoms with Crippen LogP contribution in [0.5, 0.6) is 0 Å². The summed E-state index contributed by atoms with van der Waals surface area (Å²) in [5, 5.41) is 0.216. The molecule has 0 saturated heterocycles. The minimum atomic E-state index is -3.66. The molecule has 0 aliphatic heterocycles. The Morgan fingerprint density at radius 3 is 2.43 bits per heavy atom. The average Bonchev–Trinajstić information content (AvgIpc) is 2.42. The molecule has 0 aliphatic carbocycles. The molecular weight excluding hydrogens is 333 g/mol. The molecule has 0 amide bonds. The van der Waals surface area contributed by atoms with Crippen LogP contribution in [0.4, 0.5) is 5.69 Å². The Morgan fingerprint density at radius 2 is 1.86 bits per heavy atom. The van der Waals surface area contributed by atoms with Gasteiger partial charge in [0.25, 0.3) is 0 Å². The lowest BCUT2D eigenvalue weighted by atomic mass is 10.3. The highest BCUT2D eigenvalue weighted by atomic mass is 35.5. The van der Waals surface area contributed by atoms with E-state index in [2.05, 4.69) is 4.72 Å². The number of anilines is 1. The molecule has 1 unspecified atom stereocenters. The first kappa shape index (κ1) is 17.7. The van der Waals surface area contributed by atoms with E-state index in [4.69, 9.17) is 17.3 Å². The Hall–Kier alpha value is -1.34. The van der Waals surface area contributed by atoms with E-state index in [9.17, 15) is 8.42 Å². The zero-order valence-electron chi connectivity index (χ0n) is 11.2. The number of aromatic nitrogens is 1. The van der Waals surface area contributed by atoms with E-state index in [1.807, 2.05) is 18.2 Å². The van der Waals surface area contributed by atoms with E-state index in [-0.39, 0.29) is 22.3 Å². The number of pyridine rings is 1. The molecule has 0 radical (unpaired) electrons. The highest BCUT2D eigenvalue weighted by Crippen LogP contribution is 2.22. The van der Waals surface area contributed by atoms with Gasteiger partial charge in [0.1, 0.15) is 0 Å². The van der Waals surface area contributed by atoms with Gasteiger partial charge in [-0.05, 0) is 18.2 Å². The molecule has 0 saturated carbocycles. The summed E-state index contributed by atoms with van der Waals surface area (Å²) in [6, 6.07) is 9.73. The SMILES string of the molecule is CC(NS(=O)(=O)c1ccc(N)c(Cl)c1)[n+]1ccccc1.[Cl-]. The molecule has 114 valence electrons. The lowest BCUT2D eigenvalue weighted by Gasteiger charge is -2.11. The molecule has 2 rings (SSSR count). The third-order valence-electron chi connectivity index (χ3n) is 2.79. The third kappa shape index (κ3) is 4.31. The van der Waals surface area contributed by atoms with Gasteiger partial charge in [0.15, 0.2) is 12.4 Å². The molecule has 0 spiro atoms. The van der Waals surface area contributed by atoms with Crippen molar-refractivity contribution < 1.29 is 25.4 Å². The van der Waals surface area contributed by atoms with Crippen molar-refractivity contribution >= 4 is 27.3 Å². The lowest BCUT2D eigenvalue weighted by Crippen LogP contribution is -3.00. The number of nitrogen functional groups attached to an aromatic ring is 1. The second-order valence-electron chi connectivity index (χ2n) is 4.30. The van der Waals surface area contributed by atoms with Crippen LogP contribution in [-0.2, 0) is 10.0 Å². The van der Waals surface area contributed by atoms with E-state index in [1.165, 1.54) is 18.2 Å². The number of hydrogen-bond donors (Lipinski definition) is 2. The Morgan fingerprint density at radius 1 is 1.24 bits per heavy atom. The molecule has 1 aromatic carbocycles. The predicted molar refractivity (Wildman–Crippen MR) is 77.5 cm³/mol. The van der Waals surface area contributed by atoms with E-state index in [1.54, 1.807) is 23.9 Å². The summed E-state index contributed by atoms with van der Waals surface area (Å²) in [7, 11) is -3.66. The van der Waals surface area contributed by atoms with Crippen molar-refractivity contribution in [2.45, 2.75) is 18.0 Å². The van der Waals surface area contributed by atoms with Crippen molar-refractivity contribution in [1.82, 2.24) is 4.72 Å². The largest absolute Gasteiger partial charge is 1.00 e. The van der Waals surface area contributed by atoms with Crippen molar-refractivity contribution in [3.8, 4) is 0 Å². The van der Waals surface area contributed by atoms with Crippen LogP contribution in [0.1, 0.15) is 13.1 Å². The minimum Gasteiger partial charge on any atom is -1.00 e. The number of nitrogens with one attached hydrogen (secondary N) is 1. The normalized spacial score (nSPS) is 12.5. The maximum absolute atomic E-state index is 12.3. The molecule has 2 aromatic rings. The van der Waals surface area contributed by atoms with Crippen molar-refractivity contribution in [3.05, 3.63) is 53.8 Å².